The first-order valence-corrected chi connectivity index (χ1v) is 10.1. The third-order valence-electron chi connectivity index (χ3n) is 4.42. The number of ether oxygens (including phenoxy) is 1. The monoisotopic (exact) mass is 388 g/mol. The molecule has 1 aliphatic rings. The Morgan fingerprint density at radius 2 is 1.85 bits per heavy atom. The van der Waals surface area contributed by atoms with Crippen molar-refractivity contribution in [2.24, 2.45) is 5.14 Å². The first kappa shape index (κ1) is 19.1. The van der Waals surface area contributed by atoms with Crippen LogP contribution in [0.3, 0.4) is 0 Å². The van der Waals surface area contributed by atoms with E-state index in [2.05, 4.69) is 5.32 Å². The molecular formula is C19H20N2O5S. The van der Waals surface area contributed by atoms with Crippen LogP contribution < -0.4 is 10.5 Å². The third kappa shape index (κ3) is 4.53. The van der Waals surface area contributed by atoms with E-state index in [4.69, 9.17) is 9.88 Å². The van der Waals surface area contributed by atoms with Gasteiger partial charge in [-0.1, -0.05) is 12.1 Å². The Bertz CT molecular complexity index is 1000. The zero-order valence-electron chi connectivity index (χ0n) is 14.8. The summed E-state index contributed by atoms with van der Waals surface area (Å²) >= 11 is 0. The zero-order valence-corrected chi connectivity index (χ0v) is 15.6. The Balaban J connectivity index is 1.65. The maximum atomic E-state index is 12.3. The number of aryl methyl sites for hydroxylation is 2. The molecular weight excluding hydrogens is 368 g/mol. The van der Waals surface area contributed by atoms with Gasteiger partial charge in [0.25, 0.3) is 5.91 Å². The van der Waals surface area contributed by atoms with Crippen molar-refractivity contribution < 1.29 is 22.7 Å². The van der Waals surface area contributed by atoms with E-state index in [0.717, 1.165) is 25.3 Å². The van der Waals surface area contributed by atoms with Crippen LogP contribution in [0.5, 0.6) is 0 Å². The highest BCUT2D eigenvalue weighted by Gasteiger charge is 2.21. The Morgan fingerprint density at radius 1 is 1.11 bits per heavy atom. The molecule has 1 unspecified atom stereocenters. The van der Waals surface area contributed by atoms with Gasteiger partial charge in [-0.3, -0.25) is 4.79 Å². The topological polar surface area (TPSA) is 116 Å². The van der Waals surface area contributed by atoms with Crippen molar-refractivity contribution in [1.82, 2.24) is 0 Å². The summed E-state index contributed by atoms with van der Waals surface area (Å²) in [6, 6.07) is 10.9. The van der Waals surface area contributed by atoms with E-state index in [-0.39, 0.29) is 10.5 Å². The molecule has 2 aromatic rings. The van der Waals surface area contributed by atoms with E-state index >= 15 is 0 Å². The van der Waals surface area contributed by atoms with E-state index in [9.17, 15) is 18.0 Å². The second-order valence-corrected chi connectivity index (χ2v) is 8.01. The fraction of sp³-hybridized carbons (Fsp3) is 0.263. The van der Waals surface area contributed by atoms with Gasteiger partial charge in [-0.05, 0) is 67.6 Å². The number of carbonyl (C=O) groups excluding carboxylic acids is 2. The molecule has 3 rings (SSSR count). The van der Waals surface area contributed by atoms with Gasteiger partial charge < -0.3 is 10.1 Å². The van der Waals surface area contributed by atoms with Crippen LogP contribution in [0.1, 0.15) is 34.8 Å². The quantitative estimate of drug-likeness (QED) is 0.760. The number of esters is 1. The van der Waals surface area contributed by atoms with Crippen molar-refractivity contribution in [1.29, 1.82) is 0 Å². The number of nitrogens with two attached hydrogens (primary N) is 1. The SMILES string of the molecule is CC(OC(=O)c1cccc(S(N)(=O)=O)c1)C(=O)Nc1ccc2c(c1)CCC2. The third-order valence-corrected chi connectivity index (χ3v) is 5.33. The van der Waals surface area contributed by atoms with Gasteiger partial charge in [0.1, 0.15) is 0 Å². The molecule has 7 nitrogen and oxygen atoms in total. The summed E-state index contributed by atoms with van der Waals surface area (Å²) in [4.78, 5) is 24.3. The molecule has 1 atom stereocenters. The Hall–Kier alpha value is -2.71. The lowest BCUT2D eigenvalue weighted by Gasteiger charge is -2.14. The number of anilines is 1. The maximum absolute atomic E-state index is 12.3. The van der Waals surface area contributed by atoms with Crippen LogP contribution in [0.4, 0.5) is 5.69 Å². The van der Waals surface area contributed by atoms with Crippen molar-refractivity contribution in [2.45, 2.75) is 37.2 Å². The van der Waals surface area contributed by atoms with Gasteiger partial charge in [-0.15, -0.1) is 0 Å². The van der Waals surface area contributed by atoms with Crippen LogP contribution in [-0.2, 0) is 32.4 Å². The molecule has 0 spiro atoms. The lowest BCUT2D eigenvalue weighted by molar-refractivity contribution is -0.123. The van der Waals surface area contributed by atoms with Gasteiger partial charge in [0.05, 0.1) is 10.5 Å². The van der Waals surface area contributed by atoms with E-state index in [1.54, 1.807) is 0 Å². The van der Waals surface area contributed by atoms with Crippen LogP contribution in [0, 0.1) is 0 Å². The first-order valence-electron chi connectivity index (χ1n) is 8.50. The minimum Gasteiger partial charge on any atom is -0.449 e. The molecule has 0 aromatic heterocycles. The summed E-state index contributed by atoms with van der Waals surface area (Å²) in [6.45, 7) is 1.45. The number of hydrogen-bond acceptors (Lipinski definition) is 5. The van der Waals surface area contributed by atoms with Crippen LogP contribution in [0.15, 0.2) is 47.4 Å². The number of rotatable bonds is 5. The van der Waals surface area contributed by atoms with E-state index in [1.807, 2.05) is 18.2 Å². The predicted molar refractivity (Wildman–Crippen MR) is 99.8 cm³/mol. The van der Waals surface area contributed by atoms with Crippen molar-refractivity contribution in [3.8, 4) is 0 Å². The smallest absolute Gasteiger partial charge is 0.338 e. The first-order chi connectivity index (χ1) is 12.7. The fourth-order valence-electron chi connectivity index (χ4n) is 2.98. The minimum absolute atomic E-state index is 0.00120. The molecule has 27 heavy (non-hydrogen) atoms. The number of primary sulfonamides is 1. The number of hydrogen-bond donors (Lipinski definition) is 2. The lowest BCUT2D eigenvalue weighted by Crippen LogP contribution is -2.30. The lowest BCUT2D eigenvalue weighted by atomic mass is 10.1. The molecule has 3 N–H and O–H groups in total. The summed E-state index contributed by atoms with van der Waals surface area (Å²) in [5, 5.41) is 7.79. The average molecular weight is 388 g/mol. The van der Waals surface area contributed by atoms with Crippen LogP contribution in [-0.4, -0.2) is 26.4 Å². The maximum Gasteiger partial charge on any atom is 0.338 e. The van der Waals surface area contributed by atoms with E-state index in [1.165, 1.54) is 36.2 Å². The second-order valence-electron chi connectivity index (χ2n) is 6.45. The van der Waals surface area contributed by atoms with E-state index in [0.29, 0.717) is 5.69 Å². The molecule has 0 saturated carbocycles. The Kier molecular flexibility index (Phi) is 5.29. The van der Waals surface area contributed by atoms with Gasteiger partial charge in [0.15, 0.2) is 6.10 Å². The molecule has 0 radical (unpaired) electrons. The van der Waals surface area contributed by atoms with E-state index < -0.39 is 28.0 Å². The highest BCUT2D eigenvalue weighted by molar-refractivity contribution is 7.89. The van der Waals surface area contributed by atoms with Crippen LogP contribution in [0.2, 0.25) is 0 Å². The Morgan fingerprint density at radius 3 is 2.59 bits per heavy atom. The van der Waals surface area contributed by atoms with Gasteiger partial charge in [0, 0.05) is 5.69 Å². The fourth-order valence-corrected chi connectivity index (χ4v) is 3.54. The summed E-state index contributed by atoms with van der Waals surface area (Å²) in [7, 11) is -3.94. The van der Waals surface area contributed by atoms with Gasteiger partial charge in [-0.2, -0.15) is 0 Å². The molecule has 8 heteroatoms. The predicted octanol–water partition coefficient (Wildman–Crippen LogP) is 2.01. The Labute approximate surface area is 157 Å². The number of sulfonamides is 1. The molecule has 0 fully saturated rings. The highest BCUT2D eigenvalue weighted by atomic mass is 32.2. The second kappa shape index (κ2) is 7.50. The van der Waals surface area contributed by atoms with Crippen molar-refractivity contribution in [3.63, 3.8) is 0 Å². The van der Waals surface area contributed by atoms with Crippen molar-refractivity contribution in [2.75, 3.05) is 5.32 Å². The van der Waals surface area contributed by atoms with Crippen molar-refractivity contribution >= 4 is 27.6 Å². The number of nitrogens with one attached hydrogen (secondary N) is 1. The van der Waals surface area contributed by atoms with Crippen molar-refractivity contribution in [3.05, 3.63) is 59.2 Å². The molecule has 1 aliphatic carbocycles. The minimum atomic E-state index is -3.94. The number of carbonyl (C=O) groups is 2. The summed E-state index contributed by atoms with van der Waals surface area (Å²) < 4.78 is 27.9. The highest BCUT2D eigenvalue weighted by Crippen LogP contribution is 2.25. The van der Waals surface area contributed by atoms with Gasteiger partial charge >= 0.3 is 5.97 Å². The molecule has 2 aromatic carbocycles. The summed E-state index contributed by atoms with van der Waals surface area (Å²) in [5.74, 6) is -1.28. The zero-order chi connectivity index (χ0) is 19.6. The summed E-state index contributed by atoms with van der Waals surface area (Å²) in [5.41, 5.74) is 3.16. The van der Waals surface area contributed by atoms with Crippen LogP contribution >= 0.6 is 0 Å². The number of fused-ring (bicyclic) bond motifs is 1. The van der Waals surface area contributed by atoms with Crippen LogP contribution in [0.25, 0.3) is 0 Å². The molecule has 1 amide bonds. The number of benzene rings is 2. The largest absolute Gasteiger partial charge is 0.449 e. The molecule has 142 valence electrons. The standard InChI is InChI=1S/C19H20N2O5S/c1-12(18(22)21-16-9-8-13-4-2-5-14(13)10-16)26-19(23)15-6-3-7-17(11-15)27(20,24)25/h3,6-12H,2,4-5H2,1H3,(H,21,22)(H2,20,24,25). The molecule has 0 bridgehead atoms. The summed E-state index contributed by atoms with van der Waals surface area (Å²) in [6.07, 6.45) is 2.10. The van der Waals surface area contributed by atoms with Gasteiger partial charge in [-0.25, -0.2) is 18.4 Å². The molecule has 0 heterocycles. The average Bonchev–Trinajstić information content (AvgIpc) is 3.08. The van der Waals surface area contributed by atoms with Gasteiger partial charge in [0.2, 0.25) is 10.0 Å². The molecule has 0 saturated heterocycles. The normalized spacial score (nSPS) is 14.3. The number of amides is 1. The molecule has 0 aliphatic heterocycles.